The second kappa shape index (κ2) is 11.5. The van der Waals surface area contributed by atoms with Gasteiger partial charge < -0.3 is 19.4 Å². The number of fused-ring (bicyclic) bond motifs is 9. The van der Waals surface area contributed by atoms with Gasteiger partial charge in [0.15, 0.2) is 0 Å². The second-order valence-corrected chi connectivity index (χ2v) is 15.6. The van der Waals surface area contributed by atoms with Crippen molar-refractivity contribution in [3.63, 3.8) is 0 Å². The average molecular weight is 647 g/mol. The fraction of sp³-hybridized carbons (Fsp3) is 0.537. The van der Waals surface area contributed by atoms with Crippen molar-refractivity contribution in [3.05, 3.63) is 76.1 Å². The number of esters is 1. The van der Waals surface area contributed by atoms with Gasteiger partial charge in [0, 0.05) is 82.3 Å². The minimum absolute atomic E-state index is 0.0250. The molecule has 252 valence electrons. The summed E-state index contributed by atoms with van der Waals surface area (Å²) in [6, 6.07) is 14.1. The number of aromatic amines is 2. The van der Waals surface area contributed by atoms with Crippen LogP contribution in [-0.2, 0) is 22.4 Å². The molecule has 4 aliphatic heterocycles. The van der Waals surface area contributed by atoms with E-state index in [0.29, 0.717) is 12.0 Å². The summed E-state index contributed by atoms with van der Waals surface area (Å²) < 4.78 is 11.9. The van der Waals surface area contributed by atoms with Gasteiger partial charge >= 0.3 is 5.97 Å². The molecule has 3 saturated heterocycles. The number of methoxy groups -OCH3 is 2. The zero-order chi connectivity index (χ0) is 32.8. The number of likely N-dealkylation sites (tertiary alicyclic amines) is 1. The molecule has 7 heteroatoms. The Hall–Kier alpha value is -3.55. The van der Waals surface area contributed by atoms with Crippen LogP contribution in [0, 0.1) is 23.7 Å². The summed E-state index contributed by atoms with van der Waals surface area (Å²) in [4.78, 5) is 26.9. The maximum absolute atomic E-state index is 13.7. The number of carbonyl (C=O) groups excluding carboxylic acids is 1. The number of ether oxygens (including phenoxy) is 2. The van der Waals surface area contributed by atoms with Crippen molar-refractivity contribution in [2.45, 2.75) is 76.3 Å². The van der Waals surface area contributed by atoms with Crippen molar-refractivity contribution in [1.82, 2.24) is 19.8 Å². The van der Waals surface area contributed by atoms with E-state index in [1.54, 1.807) is 7.11 Å². The predicted molar refractivity (Wildman–Crippen MR) is 191 cm³/mol. The van der Waals surface area contributed by atoms with Crippen molar-refractivity contribution in [3.8, 4) is 5.75 Å². The molecule has 0 spiro atoms. The molecule has 9 atom stereocenters. The number of nitrogens with one attached hydrogen (secondary N) is 2. The van der Waals surface area contributed by atoms with Crippen LogP contribution in [0.25, 0.3) is 21.8 Å². The predicted octanol–water partition coefficient (Wildman–Crippen LogP) is 7.16. The lowest BCUT2D eigenvalue weighted by Gasteiger charge is -2.53. The van der Waals surface area contributed by atoms with Crippen LogP contribution in [0.5, 0.6) is 5.75 Å². The van der Waals surface area contributed by atoms with E-state index in [9.17, 15) is 4.79 Å². The molecule has 4 aromatic rings. The summed E-state index contributed by atoms with van der Waals surface area (Å²) in [6.07, 6.45) is 8.91. The molecule has 48 heavy (non-hydrogen) atoms. The lowest BCUT2D eigenvalue weighted by Crippen LogP contribution is -2.56. The van der Waals surface area contributed by atoms with Crippen LogP contribution in [0.15, 0.2) is 48.0 Å². The topological polar surface area (TPSA) is 73.6 Å². The van der Waals surface area contributed by atoms with Crippen molar-refractivity contribution in [2.75, 3.05) is 40.9 Å². The lowest BCUT2D eigenvalue weighted by molar-refractivity contribution is -0.151. The van der Waals surface area contributed by atoms with Crippen molar-refractivity contribution in [1.29, 1.82) is 0 Å². The van der Waals surface area contributed by atoms with Gasteiger partial charge in [-0.2, -0.15) is 0 Å². The Bertz CT molecular complexity index is 1940. The number of allylic oxidation sites excluding steroid dienone is 1. The first-order valence-corrected chi connectivity index (χ1v) is 18.4. The number of carbonyl (C=O) groups is 1. The number of hydrogen-bond donors (Lipinski definition) is 2. The Balaban J connectivity index is 1.23. The fourth-order valence-electron chi connectivity index (χ4n) is 11.4. The Morgan fingerprint density at radius 1 is 1.00 bits per heavy atom. The summed E-state index contributed by atoms with van der Waals surface area (Å²) in [7, 11) is 5.54. The highest BCUT2D eigenvalue weighted by Crippen LogP contribution is 2.53. The minimum atomic E-state index is -0.239. The first kappa shape index (κ1) is 30.5. The summed E-state index contributed by atoms with van der Waals surface area (Å²) in [5, 5.41) is 2.57. The number of hydrogen-bond acceptors (Lipinski definition) is 5. The molecule has 2 aromatic carbocycles. The summed E-state index contributed by atoms with van der Waals surface area (Å²) in [5.41, 5.74) is 10.5. The highest BCUT2D eigenvalue weighted by molar-refractivity contribution is 5.89. The van der Waals surface area contributed by atoms with E-state index in [1.807, 2.05) is 7.11 Å². The van der Waals surface area contributed by atoms with Crippen molar-refractivity contribution in [2.24, 2.45) is 23.7 Å². The van der Waals surface area contributed by atoms with E-state index in [-0.39, 0.29) is 29.8 Å². The SMILES string of the molecule is C/C=C1/CN(C)[C@H]2Cc3c([nH]c4ccccc34)[C@H](c3cc4[nH]c5c(c4cc3OC)CCN3CC4C[C@H](CC)[C@H]3[C@H]5C4)C[C@@H]1[C@@H]2C(=O)OC. The van der Waals surface area contributed by atoms with Gasteiger partial charge in [-0.3, -0.25) is 14.6 Å². The maximum Gasteiger partial charge on any atom is 0.310 e. The van der Waals surface area contributed by atoms with E-state index in [4.69, 9.17) is 9.47 Å². The third-order valence-corrected chi connectivity index (χ3v) is 13.5. The number of rotatable bonds is 4. The molecule has 4 fully saturated rings. The Morgan fingerprint density at radius 2 is 1.83 bits per heavy atom. The molecule has 2 aliphatic carbocycles. The van der Waals surface area contributed by atoms with E-state index < -0.39 is 0 Å². The Labute approximate surface area is 284 Å². The normalized spacial score (nSPS) is 33.6. The molecule has 10 rings (SSSR count). The van der Waals surface area contributed by atoms with Gasteiger partial charge in [-0.05, 0) is 93.2 Å². The Morgan fingerprint density at radius 3 is 2.62 bits per heavy atom. The lowest BCUT2D eigenvalue weighted by atomic mass is 9.65. The van der Waals surface area contributed by atoms with Crippen LogP contribution in [-0.4, -0.2) is 78.7 Å². The number of nitrogens with zero attached hydrogens (tertiary/aromatic N) is 2. The maximum atomic E-state index is 13.7. The average Bonchev–Trinajstić information content (AvgIpc) is 3.62. The van der Waals surface area contributed by atoms with Crippen LogP contribution < -0.4 is 4.74 Å². The molecular weight excluding hydrogens is 596 g/mol. The standard InChI is InChI=1S/C41H50N4O3/c1-6-23-14-22-15-32-38-26(12-13-45(20-22)40(23)32)28-19-36(47-4)29(17-34(28)43-38)30-16-27-24(7-2)21-44(3)35(37(27)41(46)48-5)18-31-25-10-8-9-11-33(25)42-39(30)31/h7-11,17,19,22-23,27,30,32,35,37,40,42-43H,6,12-16,18,20-21H2,1-5H3/b24-7-/t22?,23-,27-,30-,32-,35-,37-,40-/m0/s1. The second-order valence-electron chi connectivity index (χ2n) is 15.6. The zero-order valence-corrected chi connectivity index (χ0v) is 29.1. The largest absolute Gasteiger partial charge is 0.496 e. The molecule has 7 nitrogen and oxygen atoms in total. The third kappa shape index (κ3) is 4.42. The van der Waals surface area contributed by atoms with Gasteiger partial charge in [0.25, 0.3) is 0 Å². The monoisotopic (exact) mass is 646 g/mol. The van der Waals surface area contributed by atoms with Gasteiger partial charge in [0.2, 0.25) is 0 Å². The summed E-state index contributed by atoms with van der Waals surface area (Å²) in [5.74, 6) is 2.89. The van der Waals surface area contributed by atoms with Crippen molar-refractivity contribution < 1.29 is 14.3 Å². The van der Waals surface area contributed by atoms with E-state index >= 15 is 0 Å². The molecular formula is C41H50N4O3. The van der Waals surface area contributed by atoms with E-state index in [2.05, 4.69) is 83.1 Å². The molecule has 1 saturated carbocycles. The van der Waals surface area contributed by atoms with Crippen LogP contribution in [0.3, 0.4) is 0 Å². The minimum Gasteiger partial charge on any atom is -0.496 e. The Kier molecular flexibility index (Phi) is 7.32. The zero-order valence-electron chi connectivity index (χ0n) is 29.1. The molecule has 2 aromatic heterocycles. The molecule has 6 heterocycles. The van der Waals surface area contributed by atoms with Gasteiger partial charge in [0.1, 0.15) is 5.75 Å². The molecule has 6 bridgehead atoms. The number of para-hydroxylation sites is 1. The smallest absolute Gasteiger partial charge is 0.310 e. The van der Waals surface area contributed by atoms with Crippen LogP contribution in [0.1, 0.15) is 79.4 Å². The first-order chi connectivity index (χ1) is 23.4. The van der Waals surface area contributed by atoms with Gasteiger partial charge in [0.05, 0.1) is 20.1 Å². The first-order valence-electron chi connectivity index (χ1n) is 18.4. The molecule has 0 radical (unpaired) electrons. The number of H-pyrrole nitrogens is 2. The quantitative estimate of drug-likeness (QED) is 0.182. The number of aromatic nitrogens is 2. The number of benzene rings is 2. The molecule has 2 N–H and O–H groups in total. The highest BCUT2D eigenvalue weighted by Gasteiger charge is 2.50. The third-order valence-electron chi connectivity index (χ3n) is 13.5. The van der Waals surface area contributed by atoms with Crippen LogP contribution in [0.2, 0.25) is 0 Å². The van der Waals surface area contributed by atoms with E-state index in [0.717, 1.165) is 55.5 Å². The van der Waals surface area contributed by atoms with E-state index in [1.165, 1.54) is 75.7 Å². The fourth-order valence-corrected chi connectivity index (χ4v) is 11.4. The number of likely N-dealkylation sites (N-methyl/N-ethyl adjacent to an activating group) is 1. The van der Waals surface area contributed by atoms with Gasteiger partial charge in [-0.1, -0.05) is 43.2 Å². The summed E-state index contributed by atoms with van der Waals surface area (Å²) in [6.45, 7) is 7.81. The molecule has 0 amide bonds. The number of piperidine rings is 3. The summed E-state index contributed by atoms with van der Waals surface area (Å²) >= 11 is 0. The van der Waals surface area contributed by atoms with Gasteiger partial charge in [-0.15, -0.1) is 0 Å². The van der Waals surface area contributed by atoms with Gasteiger partial charge in [-0.25, -0.2) is 0 Å². The van der Waals surface area contributed by atoms with Crippen LogP contribution >= 0.6 is 0 Å². The highest BCUT2D eigenvalue weighted by atomic mass is 16.5. The van der Waals surface area contributed by atoms with Crippen molar-refractivity contribution >= 4 is 27.8 Å². The molecule has 2 unspecified atom stereocenters. The van der Waals surface area contributed by atoms with Crippen LogP contribution in [0.4, 0.5) is 0 Å². The molecule has 6 aliphatic rings.